The van der Waals surface area contributed by atoms with Gasteiger partial charge in [-0.15, -0.1) is 0 Å². The van der Waals surface area contributed by atoms with Gasteiger partial charge < -0.3 is 15.5 Å². The molecular formula is C19H24FN3O3. The molecule has 0 bridgehead atoms. The van der Waals surface area contributed by atoms with Crippen molar-refractivity contribution in [3.8, 4) is 0 Å². The summed E-state index contributed by atoms with van der Waals surface area (Å²) < 4.78 is 13.1. The molecule has 0 unspecified atom stereocenters. The third kappa shape index (κ3) is 4.59. The van der Waals surface area contributed by atoms with Crippen LogP contribution in [0.3, 0.4) is 0 Å². The van der Waals surface area contributed by atoms with E-state index in [1.807, 2.05) is 0 Å². The first-order valence-electron chi connectivity index (χ1n) is 9.06. The van der Waals surface area contributed by atoms with Gasteiger partial charge in [-0.2, -0.15) is 0 Å². The van der Waals surface area contributed by atoms with Gasteiger partial charge in [-0.1, -0.05) is 0 Å². The number of hydrogen-bond acceptors (Lipinski definition) is 3. The Morgan fingerprint density at radius 1 is 1.08 bits per heavy atom. The first-order chi connectivity index (χ1) is 12.4. The Hall–Kier alpha value is -2.44. The molecule has 0 aromatic heterocycles. The monoisotopic (exact) mass is 361 g/mol. The van der Waals surface area contributed by atoms with Crippen LogP contribution in [0.1, 0.15) is 43.0 Å². The number of rotatable bonds is 5. The predicted octanol–water partition coefficient (Wildman–Crippen LogP) is 1.46. The van der Waals surface area contributed by atoms with Crippen LogP contribution in [0.15, 0.2) is 24.3 Å². The van der Waals surface area contributed by atoms with Crippen LogP contribution in [0.2, 0.25) is 0 Å². The molecule has 1 saturated carbocycles. The van der Waals surface area contributed by atoms with E-state index >= 15 is 0 Å². The number of carbonyl (C=O) groups excluding carboxylic acids is 3. The number of nitrogens with zero attached hydrogens (tertiary/aromatic N) is 1. The molecule has 6 nitrogen and oxygen atoms in total. The molecule has 1 aromatic rings. The van der Waals surface area contributed by atoms with Crippen LogP contribution < -0.4 is 10.6 Å². The largest absolute Gasteiger partial charge is 0.352 e. The summed E-state index contributed by atoms with van der Waals surface area (Å²) in [5.74, 6) is -0.994. The van der Waals surface area contributed by atoms with Crippen molar-refractivity contribution in [1.82, 2.24) is 15.5 Å². The van der Waals surface area contributed by atoms with Gasteiger partial charge >= 0.3 is 0 Å². The average molecular weight is 361 g/mol. The smallest absolute Gasteiger partial charge is 0.251 e. The highest BCUT2D eigenvalue weighted by molar-refractivity contribution is 5.97. The molecule has 1 aromatic carbocycles. The maximum atomic E-state index is 13.1. The summed E-state index contributed by atoms with van der Waals surface area (Å²) in [6.07, 6.45) is 3.25. The van der Waals surface area contributed by atoms with Crippen LogP contribution in [-0.4, -0.2) is 47.8 Å². The van der Waals surface area contributed by atoms with Crippen molar-refractivity contribution in [3.63, 3.8) is 0 Å². The lowest BCUT2D eigenvalue weighted by Crippen LogP contribution is -2.54. The second kappa shape index (κ2) is 7.85. The highest BCUT2D eigenvalue weighted by Crippen LogP contribution is 2.24. The van der Waals surface area contributed by atoms with E-state index in [-0.39, 0.29) is 23.8 Å². The van der Waals surface area contributed by atoms with Crippen LogP contribution >= 0.6 is 0 Å². The Morgan fingerprint density at radius 3 is 2.23 bits per heavy atom. The number of hydrogen-bond donors (Lipinski definition) is 2. The molecule has 140 valence electrons. The van der Waals surface area contributed by atoms with Crippen molar-refractivity contribution in [2.75, 3.05) is 13.1 Å². The number of benzene rings is 1. The Balaban J connectivity index is 1.68. The van der Waals surface area contributed by atoms with Crippen LogP contribution in [0.25, 0.3) is 0 Å². The lowest BCUT2D eigenvalue weighted by atomic mass is 9.88. The van der Waals surface area contributed by atoms with Gasteiger partial charge in [-0.25, -0.2) is 4.39 Å². The summed E-state index contributed by atoms with van der Waals surface area (Å²) >= 11 is 0. The summed E-state index contributed by atoms with van der Waals surface area (Å²) in [6.45, 7) is 2.70. The molecule has 26 heavy (non-hydrogen) atoms. The summed E-state index contributed by atoms with van der Waals surface area (Å²) in [6, 6.07) is 4.80. The molecule has 1 aliphatic heterocycles. The topological polar surface area (TPSA) is 78.5 Å². The third-order valence-corrected chi connectivity index (χ3v) is 5.06. The zero-order chi connectivity index (χ0) is 18.7. The SMILES string of the molecule is CC(=O)N1CCC([C@@H](NC(=O)c2ccc(F)cc2)C(=O)NC2CC2)CC1. The summed E-state index contributed by atoms with van der Waals surface area (Å²) in [5, 5.41) is 5.78. The van der Waals surface area contributed by atoms with Gasteiger partial charge in [0.2, 0.25) is 11.8 Å². The zero-order valence-electron chi connectivity index (χ0n) is 14.8. The number of carbonyl (C=O) groups is 3. The van der Waals surface area contributed by atoms with Crippen molar-refractivity contribution < 1.29 is 18.8 Å². The fourth-order valence-corrected chi connectivity index (χ4v) is 3.29. The summed E-state index contributed by atoms with van der Waals surface area (Å²) in [5.41, 5.74) is 0.316. The number of likely N-dealkylation sites (tertiary alicyclic amines) is 1. The van der Waals surface area contributed by atoms with Crippen molar-refractivity contribution in [2.45, 2.75) is 44.7 Å². The second-order valence-corrected chi connectivity index (χ2v) is 7.08. The molecule has 1 saturated heterocycles. The molecule has 0 radical (unpaired) electrons. The van der Waals surface area contributed by atoms with E-state index in [1.54, 1.807) is 4.90 Å². The van der Waals surface area contributed by atoms with E-state index in [0.717, 1.165) is 12.8 Å². The Kier molecular flexibility index (Phi) is 5.54. The average Bonchev–Trinajstić information content (AvgIpc) is 3.44. The van der Waals surface area contributed by atoms with E-state index in [9.17, 15) is 18.8 Å². The van der Waals surface area contributed by atoms with E-state index in [1.165, 1.54) is 31.2 Å². The van der Waals surface area contributed by atoms with Crippen molar-refractivity contribution in [1.29, 1.82) is 0 Å². The Labute approximate surface area is 152 Å². The maximum absolute atomic E-state index is 13.1. The van der Waals surface area contributed by atoms with Crippen LogP contribution in [0.5, 0.6) is 0 Å². The number of piperidine rings is 1. The summed E-state index contributed by atoms with van der Waals surface area (Å²) in [7, 11) is 0. The summed E-state index contributed by atoms with van der Waals surface area (Å²) in [4.78, 5) is 38.4. The molecular weight excluding hydrogens is 337 g/mol. The lowest BCUT2D eigenvalue weighted by Gasteiger charge is -2.35. The third-order valence-electron chi connectivity index (χ3n) is 5.06. The van der Waals surface area contributed by atoms with Gasteiger partial charge in [0.1, 0.15) is 11.9 Å². The molecule has 1 heterocycles. The van der Waals surface area contributed by atoms with E-state index < -0.39 is 17.8 Å². The van der Waals surface area contributed by atoms with Gasteiger partial charge in [-0.05, 0) is 55.9 Å². The highest BCUT2D eigenvalue weighted by atomic mass is 19.1. The van der Waals surface area contributed by atoms with Crippen LogP contribution in [0, 0.1) is 11.7 Å². The van der Waals surface area contributed by atoms with Gasteiger partial charge in [0.15, 0.2) is 0 Å². The minimum absolute atomic E-state index is 0.0257. The molecule has 1 aliphatic carbocycles. The van der Waals surface area contributed by atoms with E-state index in [4.69, 9.17) is 0 Å². The fraction of sp³-hybridized carbons (Fsp3) is 0.526. The number of nitrogens with one attached hydrogen (secondary N) is 2. The van der Waals surface area contributed by atoms with E-state index in [2.05, 4.69) is 10.6 Å². The lowest BCUT2D eigenvalue weighted by molar-refractivity contribution is -0.130. The normalized spacial score (nSPS) is 18.9. The highest BCUT2D eigenvalue weighted by Gasteiger charge is 2.35. The van der Waals surface area contributed by atoms with Gasteiger partial charge in [-0.3, -0.25) is 14.4 Å². The molecule has 2 aliphatic rings. The molecule has 3 rings (SSSR count). The number of halogens is 1. The maximum Gasteiger partial charge on any atom is 0.251 e. The van der Waals surface area contributed by atoms with Crippen LogP contribution in [-0.2, 0) is 9.59 Å². The minimum atomic E-state index is -0.651. The van der Waals surface area contributed by atoms with Crippen molar-refractivity contribution >= 4 is 17.7 Å². The predicted molar refractivity (Wildman–Crippen MR) is 93.8 cm³/mol. The molecule has 1 atom stereocenters. The van der Waals surface area contributed by atoms with Crippen molar-refractivity contribution in [3.05, 3.63) is 35.6 Å². The molecule has 7 heteroatoms. The fourth-order valence-electron chi connectivity index (χ4n) is 3.29. The Morgan fingerprint density at radius 2 is 1.69 bits per heavy atom. The van der Waals surface area contributed by atoms with Gasteiger partial charge in [0, 0.05) is 31.6 Å². The minimum Gasteiger partial charge on any atom is -0.352 e. The quantitative estimate of drug-likeness (QED) is 0.833. The van der Waals surface area contributed by atoms with Gasteiger partial charge in [0.25, 0.3) is 5.91 Å². The van der Waals surface area contributed by atoms with Crippen molar-refractivity contribution in [2.24, 2.45) is 5.92 Å². The zero-order valence-corrected chi connectivity index (χ0v) is 14.8. The molecule has 2 fully saturated rings. The standard InChI is InChI=1S/C19H24FN3O3/c1-12(24)23-10-8-13(9-11-23)17(19(26)21-16-6-7-16)22-18(25)14-2-4-15(20)5-3-14/h2-5,13,16-17H,6-11H2,1H3,(H,21,26)(H,22,25)/t17-/m1/s1. The number of amides is 3. The van der Waals surface area contributed by atoms with Gasteiger partial charge in [0.05, 0.1) is 0 Å². The molecule has 2 N–H and O–H groups in total. The second-order valence-electron chi connectivity index (χ2n) is 7.08. The molecule has 3 amide bonds. The first kappa shape index (κ1) is 18.4. The molecule has 0 spiro atoms. The van der Waals surface area contributed by atoms with Crippen LogP contribution in [0.4, 0.5) is 4.39 Å². The first-order valence-corrected chi connectivity index (χ1v) is 9.06. The Bertz CT molecular complexity index is 680. The van der Waals surface area contributed by atoms with E-state index in [0.29, 0.717) is 31.5 Å².